The van der Waals surface area contributed by atoms with Crippen molar-refractivity contribution in [3.8, 4) is 0 Å². The monoisotopic (exact) mass is 350 g/mol. The molecule has 22 heavy (non-hydrogen) atoms. The van der Waals surface area contributed by atoms with Crippen molar-refractivity contribution in [3.05, 3.63) is 0 Å². The van der Waals surface area contributed by atoms with Crippen LogP contribution < -0.4 is 115 Å². The number of carbonyl (C=O) groups excluding carboxylic acids is 3. The van der Waals surface area contributed by atoms with E-state index in [1.165, 1.54) is 0 Å². The Kier molecular flexibility index (Phi) is 75.5. The van der Waals surface area contributed by atoms with E-state index in [-0.39, 0.29) is 88.7 Å². The molecule has 12 heteroatoms. The molecule has 0 amide bonds. The van der Waals surface area contributed by atoms with Crippen molar-refractivity contribution >= 4 is 17.9 Å². The van der Waals surface area contributed by atoms with Crippen molar-refractivity contribution in [2.45, 2.75) is 33.9 Å². The average molecular weight is 350 g/mol. The molecule has 0 aliphatic heterocycles. The standard InChI is InChI=1S/C4H12N2O.3C2H4O2.3Na/c1-4(7)6-3-2-5;3*1-2(3)4;;;/h4,6-7H,2-3,5H2,1H3;3*1H3,(H,3,4);;;/q;;;;3*+1/p-3. The third-order valence-corrected chi connectivity index (χ3v) is 0.584. The second kappa shape index (κ2) is 38.1. The van der Waals surface area contributed by atoms with E-state index in [1.807, 2.05) is 0 Å². The Morgan fingerprint density at radius 2 is 1.14 bits per heavy atom. The molecule has 0 aliphatic carbocycles. The zero-order chi connectivity index (χ0) is 16.4. The topological polar surface area (TPSA) is 179 Å². The molecule has 0 heterocycles. The maximum Gasteiger partial charge on any atom is 1.00 e. The number of carboxylic acid groups (broad SMARTS) is 3. The van der Waals surface area contributed by atoms with Gasteiger partial charge in [-0.2, -0.15) is 0 Å². The number of rotatable bonds is 3. The first kappa shape index (κ1) is 43.6. The molecule has 1 unspecified atom stereocenters. The van der Waals surface area contributed by atoms with Crippen LogP contribution in [-0.2, 0) is 14.4 Å². The fourth-order valence-electron chi connectivity index (χ4n) is 0.292. The zero-order valence-electron chi connectivity index (χ0n) is 14.5. The minimum Gasteiger partial charge on any atom is -0.550 e. The molecule has 116 valence electrons. The van der Waals surface area contributed by atoms with E-state index in [0.717, 1.165) is 20.8 Å². The van der Waals surface area contributed by atoms with Crippen molar-refractivity contribution in [1.29, 1.82) is 0 Å². The van der Waals surface area contributed by atoms with Crippen LogP contribution in [0.1, 0.15) is 27.7 Å². The van der Waals surface area contributed by atoms with Gasteiger partial charge in [0, 0.05) is 31.0 Å². The number of aliphatic hydroxyl groups is 1. The third-order valence-electron chi connectivity index (χ3n) is 0.584. The van der Waals surface area contributed by atoms with E-state index in [0.29, 0.717) is 13.1 Å². The largest absolute Gasteiger partial charge is 1.00 e. The van der Waals surface area contributed by atoms with Crippen LogP contribution in [-0.4, -0.2) is 42.3 Å². The average Bonchev–Trinajstić information content (AvgIpc) is 2.11. The van der Waals surface area contributed by atoms with E-state index in [4.69, 9.17) is 40.5 Å². The second-order valence-corrected chi connectivity index (χ2v) is 2.89. The molecule has 0 aromatic heterocycles. The number of aliphatic carboxylic acids is 3. The summed E-state index contributed by atoms with van der Waals surface area (Å²) in [6.45, 7) is 5.83. The Morgan fingerprint density at radius 3 is 1.18 bits per heavy atom. The summed E-state index contributed by atoms with van der Waals surface area (Å²) in [5.41, 5.74) is 5.10. The normalized spacial score (nSPS) is 7.91. The molecule has 0 saturated carbocycles. The van der Waals surface area contributed by atoms with Gasteiger partial charge in [0.2, 0.25) is 0 Å². The molecule has 0 fully saturated rings. The number of nitrogens with two attached hydrogens (primary N) is 1. The SMILES string of the molecule is CC(=O)[O-].CC(=O)[O-].CC(=O)[O-].CC(O)NCCN.[Na+].[Na+].[Na+]. The molecule has 0 rings (SSSR count). The van der Waals surface area contributed by atoms with Crippen LogP contribution in [0.2, 0.25) is 0 Å². The van der Waals surface area contributed by atoms with E-state index < -0.39 is 24.1 Å². The van der Waals surface area contributed by atoms with Crippen LogP contribution in [0.25, 0.3) is 0 Å². The first-order valence-corrected chi connectivity index (χ1v) is 5.11. The van der Waals surface area contributed by atoms with E-state index in [1.54, 1.807) is 6.92 Å². The molecule has 0 spiro atoms. The van der Waals surface area contributed by atoms with Crippen LogP contribution in [0.3, 0.4) is 0 Å². The van der Waals surface area contributed by atoms with Crippen molar-refractivity contribution < 1.29 is 123 Å². The third kappa shape index (κ3) is 313. The van der Waals surface area contributed by atoms with Gasteiger partial charge in [0.1, 0.15) is 6.23 Å². The smallest absolute Gasteiger partial charge is 0.550 e. The Bertz CT molecular complexity index is 204. The van der Waals surface area contributed by atoms with Crippen molar-refractivity contribution in [2.75, 3.05) is 13.1 Å². The van der Waals surface area contributed by atoms with Gasteiger partial charge in [-0.15, -0.1) is 0 Å². The number of hydrogen-bond acceptors (Lipinski definition) is 9. The van der Waals surface area contributed by atoms with Gasteiger partial charge in [-0.1, -0.05) is 0 Å². The number of aliphatic hydroxyl groups excluding tert-OH is 1. The number of carbonyl (C=O) groups is 3. The second-order valence-electron chi connectivity index (χ2n) is 2.89. The summed E-state index contributed by atoms with van der Waals surface area (Å²) in [6, 6.07) is 0. The fraction of sp³-hybridized carbons (Fsp3) is 0.700. The summed E-state index contributed by atoms with van der Waals surface area (Å²) in [6.07, 6.45) is -0.427. The van der Waals surface area contributed by atoms with Gasteiger partial charge in [0.25, 0.3) is 0 Å². The summed E-state index contributed by atoms with van der Waals surface area (Å²) in [7, 11) is 0. The molecule has 0 saturated heterocycles. The molecule has 0 aromatic carbocycles. The number of nitrogens with one attached hydrogen (secondary N) is 1. The van der Waals surface area contributed by atoms with Gasteiger partial charge >= 0.3 is 88.7 Å². The maximum absolute atomic E-state index is 8.89. The van der Waals surface area contributed by atoms with Gasteiger partial charge in [-0.05, 0) is 27.7 Å². The summed E-state index contributed by atoms with van der Waals surface area (Å²) in [5, 5.41) is 37.9. The Balaban J connectivity index is -0.0000000270. The molecular formula is C10H21N2Na3O7. The molecule has 9 nitrogen and oxygen atoms in total. The van der Waals surface area contributed by atoms with Crippen molar-refractivity contribution in [2.24, 2.45) is 5.73 Å². The first-order chi connectivity index (χ1) is 8.47. The summed E-state index contributed by atoms with van der Waals surface area (Å²) in [4.78, 5) is 26.7. The predicted molar refractivity (Wildman–Crippen MR) is 60.8 cm³/mol. The fourth-order valence-corrected chi connectivity index (χ4v) is 0.292. The quantitative estimate of drug-likeness (QED) is 0.329. The molecule has 0 bridgehead atoms. The Labute approximate surface area is 197 Å². The van der Waals surface area contributed by atoms with Crippen LogP contribution in [0.4, 0.5) is 0 Å². The predicted octanol–water partition coefficient (Wildman–Crippen LogP) is -13.8. The Morgan fingerprint density at radius 1 is 0.955 bits per heavy atom. The summed E-state index contributed by atoms with van der Waals surface area (Å²) < 4.78 is 0. The van der Waals surface area contributed by atoms with E-state index in [9.17, 15) is 0 Å². The van der Waals surface area contributed by atoms with E-state index in [2.05, 4.69) is 5.32 Å². The maximum atomic E-state index is 8.89. The van der Waals surface area contributed by atoms with Crippen LogP contribution in [0.5, 0.6) is 0 Å². The summed E-state index contributed by atoms with van der Waals surface area (Å²) in [5.74, 6) is -3.25. The molecule has 4 N–H and O–H groups in total. The van der Waals surface area contributed by atoms with Gasteiger partial charge in [0.15, 0.2) is 0 Å². The van der Waals surface area contributed by atoms with Gasteiger partial charge in [0.05, 0.1) is 0 Å². The van der Waals surface area contributed by atoms with Crippen LogP contribution in [0, 0.1) is 0 Å². The van der Waals surface area contributed by atoms with E-state index >= 15 is 0 Å². The molecule has 0 aromatic rings. The van der Waals surface area contributed by atoms with Crippen molar-refractivity contribution in [1.82, 2.24) is 5.32 Å². The first-order valence-electron chi connectivity index (χ1n) is 5.11. The number of carboxylic acids is 3. The molecule has 1 atom stereocenters. The molecular weight excluding hydrogens is 329 g/mol. The van der Waals surface area contributed by atoms with Crippen LogP contribution >= 0.6 is 0 Å². The minimum absolute atomic E-state index is 0. The van der Waals surface area contributed by atoms with Gasteiger partial charge in [-0.25, -0.2) is 0 Å². The minimum atomic E-state index is -1.08. The number of hydrogen-bond donors (Lipinski definition) is 3. The molecule has 0 aliphatic rings. The zero-order valence-corrected chi connectivity index (χ0v) is 20.5. The molecule has 0 radical (unpaired) electrons. The van der Waals surface area contributed by atoms with Gasteiger partial charge in [-0.3, -0.25) is 5.32 Å². The van der Waals surface area contributed by atoms with Gasteiger partial charge < -0.3 is 40.5 Å². The summed E-state index contributed by atoms with van der Waals surface area (Å²) >= 11 is 0. The van der Waals surface area contributed by atoms with Crippen molar-refractivity contribution in [3.63, 3.8) is 0 Å². The van der Waals surface area contributed by atoms with Crippen LogP contribution in [0.15, 0.2) is 0 Å². The Hall–Kier alpha value is 1.29.